The molecule has 0 aliphatic carbocycles. The van der Waals surface area contributed by atoms with Crippen molar-refractivity contribution in [3.05, 3.63) is 0 Å². The van der Waals surface area contributed by atoms with Gasteiger partial charge in [0.05, 0.1) is 19.3 Å². The first-order valence-corrected chi connectivity index (χ1v) is 7.60. The van der Waals surface area contributed by atoms with Crippen LogP contribution >= 0.6 is 0 Å². The molecular weight excluding hydrogens is 274 g/mol. The van der Waals surface area contributed by atoms with Crippen LogP contribution < -0.4 is 10.6 Å². The molecule has 0 aromatic carbocycles. The summed E-state index contributed by atoms with van der Waals surface area (Å²) in [5, 5.41) is 14.8. The molecule has 21 heavy (non-hydrogen) atoms. The summed E-state index contributed by atoms with van der Waals surface area (Å²) in [6.07, 6.45) is 3.74. The van der Waals surface area contributed by atoms with E-state index in [9.17, 15) is 14.7 Å². The standard InChI is InChI=1S/C14H25N3O4/c1-14(12(18)19)10-21-9-11(14)16-13(20)15-5-8-17-6-3-2-4-7-17/h11H,2-10H2,1H3,(H,18,19)(H2,15,16,20). The molecule has 2 aliphatic heterocycles. The fourth-order valence-corrected chi connectivity index (χ4v) is 2.80. The van der Waals surface area contributed by atoms with Crippen LogP contribution in [0.5, 0.6) is 0 Å². The molecule has 7 nitrogen and oxygen atoms in total. The zero-order valence-electron chi connectivity index (χ0n) is 12.6. The normalized spacial score (nSPS) is 30.0. The number of piperidine rings is 1. The van der Waals surface area contributed by atoms with Crippen molar-refractivity contribution in [2.24, 2.45) is 5.41 Å². The van der Waals surface area contributed by atoms with Crippen LogP contribution in [0.2, 0.25) is 0 Å². The third-order valence-electron chi connectivity index (χ3n) is 4.41. The number of likely N-dealkylation sites (tertiary alicyclic amines) is 1. The fourth-order valence-electron chi connectivity index (χ4n) is 2.80. The molecule has 2 saturated heterocycles. The predicted octanol–water partition coefficient (Wildman–Crippen LogP) is 0.261. The molecule has 2 fully saturated rings. The van der Waals surface area contributed by atoms with E-state index in [4.69, 9.17) is 4.74 Å². The highest BCUT2D eigenvalue weighted by Gasteiger charge is 2.47. The van der Waals surface area contributed by atoms with Crippen LogP contribution in [0.25, 0.3) is 0 Å². The average Bonchev–Trinajstić information content (AvgIpc) is 2.83. The van der Waals surface area contributed by atoms with Crippen LogP contribution in [0, 0.1) is 5.41 Å². The lowest BCUT2D eigenvalue weighted by Crippen LogP contribution is -2.53. The molecule has 120 valence electrons. The van der Waals surface area contributed by atoms with E-state index in [1.807, 2.05) is 0 Å². The monoisotopic (exact) mass is 299 g/mol. The summed E-state index contributed by atoms with van der Waals surface area (Å²) in [5.74, 6) is -0.946. The predicted molar refractivity (Wildman–Crippen MR) is 77.2 cm³/mol. The Morgan fingerprint density at radius 3 is 2.71 bits per heavy atom. The molecule has 0 saturated carbocycles. The highest BCUT2D eigenvalue weighted by atomic mass is 16.5. The number of carbonyl (C=O) groups is 2. The number of urea groups is 1. The number of aliphatic carboxylic acids is 1. The lowest BCUT2D eigenvalue weighted by Gasteiger charge is -2.27. The van der Waals surface area contributed by atoms with Gasteiger partial charge in [-0.2, -0.15) is 0 Å². The third-order valence-corrected chi connectivity index (χ3v) is 4.41. The highest BCUT2D eigenvalue weighted by Crippen LogP contribution is 2.28. The van der Waals surface area contributed by atoms with Crippen molar-refractivity contribution in [1.82, 2.24) is 15.5 Å². The Morgan fingerprint density at radius 1 is 1.33 bits per heavy atom. The second-order valence-corrected chi connectivity index (χ2v) is 6.09. The number of hydrogen-bond acceptors (Lipinski definition) is 4. The molecule has 0 radical (unpaired) electrons. The Labute approximate surface area is 125 Å². The first-order chi connectivity index (χ1) is 10.0. The summed E-state index contributed by atoms with van der Waals surface area (Å²) in [7, 11) is 0. The summed E-state index contributed by atoms with van der Waals surface area (Å²) in [5.41, 5.74) is -1.05. The molecule has 0 bridgehead atoms. The zero-order chi connectivity index (χ0) is 15.3. The number of amides is 2. The Hall–Kier alpha value is -1.34. The minimum atomic E-state index is -1.05. The summed E-state index contributed by atoms with van der Waals surface area (Å²) >= 11 is 0. The average molecular weight is 299 g/mol. The van der Waals surface area contributed by atoms with Gasteiger partial charge in [-0.25, -0.2) is 4.79 Å². The fraction of sp³-hybridized carbons (Fsp3) is 0.857. The van der Waals surface area contributed by atoms with Crippen molar-refractivity contribution < 1.29 is 19.4 Å². The number of rotatable bonds is 5. The maximum atomic E-state index is 11.9. The Morgan fingerprint density at radius 2 is 2.05 bits per heavy atom. The number of nitrogens with one attached hydrogen (secondary N) is 2. The van der Waals surface area contributed by atoms with Crippen LogP contribution in [0.4, 0.5) is 4.79 Å². The number of nitrogens with zero attached hydrogens (tertiary/aromatic N) is 1. The molecular formula is C14H25N3O4. The van der Waals surface area contributed by atoms with E-state index in [1.54, 1.807) is 6.92 Å². The third kappa shape index (κ3) is 4.07. The van der Waals surface area contributed by atoms with Crippen LogP contribution in [0.1, 0.15) is 26.2 Å². The maximum Gasteiger partial charge on any atom is 0.315 e. The molecule has 2 atom stereocenters. The van der Waals surface area contributed by atoms with Gasteiger partial charge in [0.1, 0.15) is 5.41 Å². The first-order valence-electron chi connectivity index (χ1n) is 7.60. The van der Waals surface area contributed by atoms with Crippen molar-refractivity contribution in [2.75, 3.05) is 39.4 Å². The zero-order valence-corrected chi connectivity index (χ0v) is 12.6. The first kappa shape index (κ1) is 16.0. The Kier molecular flexibility index (Phi) is 5.41. The minimum Gasteiger partial charge on any atom is -0.481 e. The van der Waals surface area contributed by atoms with Gasteiger partial charge in [0.25, 0.3) is 0 Å². The number of carboxylic acids is 1. The molecule has 0 aromatic rings. The molecule has 7 heteroatoms. The maximum absolute atomic E-state index is 11.9. The van der Waals surface area contributed by atoms with Gasteiger partial charge in [-0.1, -0.05) is 6.42 Å². The molecule has 0 aromatic heterocycles. The summed E-state index contributed by atoms with van der Waals surface area (Å²) in [6, 6.07) is -0.819. The van der Waals surface area contributed by atoms with Crippen LogP contribution in [-0.2, 0) is 9.53 Å². The molecule has 0 spiro atoms. The molecule has 2 rings (SSSR count). The van der Waals surface area contributed by atoms with Gasteiger partial charge in [0.15, 0.2) is 0 Å². The van der Waals surface area contributed by atoms with Gasteiger partial charge in [-0.05, 0) is 32.9 Å². The van der Waals surface area contributed by atoms with Gasteiger partial charge < -0.3 is 25.4 Å². The van der Waals surface area contributed by atoms with E-state index in [1.165, 1.54) is 19.3 Å². The van der Waals surface area contributed by atoms with Crippen molar-refractivity contribution in [2.45, 2.75) is 32.2 Å². The van der Waals surface area contributed by atoms with Gasteiger partial charge in [0, 0.05) is 13.1 Å². The second kappa shape index (κ2) is 7.09. The van der Waals surface area contributed by atoms with Crippen LogP contribution in [0.3, 0.4) is 0 Å². The van der Waals surface area contributed by atoms with E-state index < -0.39 is 17.4 Å². The summed E-state index contributed by atoms with van der Waals surface area (Å²) in [6.45, 7) is 5.56. The van der Waals surface area contributed by atoms with Gasteiger partial charge in [-0.15, -0.1) is 0 Å². The van der Waals surface area contributed by atoms with E-state index in [-0.39, 0.29) is 19.2 Å². The lowest BCUT2D eigenvalue weighted by atomic mass is 9.85. The van der Waals surface area contributed by atoms with E-state index in [0.717, 1.165) is 19.6 Å². The van der Waals surface area contributed by atoms with Crippen molar-refractivity contribution in [3.63, 3.8) is 0 Å². The number of carboxylic acid groups (broad SMARTS) is 1. The van der Waals surface area contributed by atoms with E-state index in [2.05, 4.69) is 15.5 Å². The van der Waals surface area contributed by atoms with Gasteiger partial charge >= 0.3 is 12.0 Å². The van der Waals surface area contributed by atoms with Crippen LogP contribution in [-0.4, -0.2) is 67.4 Å². The highest BCUT2D eigenvalue weighted by molar-refractivity contribution is 5.79. The molecule has 2 heterocycles. The molecule has 2 amide bonds. The summed E-state index contributed by atoms with van der Waals surface area (Å²) < 4.78 is 5.20. The second-order valence-electron chi connectivity index (χ2n) is 6.09. The molecule has 3 N–H and O–H groups in total. The summed E-state index contributed by atoms with van der Waals surface area (Å²) in [4.78, 5) is 25.5. The number of carbonyl (C=O) groups excluding carboxylic acids is 1. The quantitative estimate of drug-likeness (QED) is 0.677. The largest absolute Gasteiger partial charge is 0.481 e. The molecule has 2 unspecified atom stereocenters. The topological polar surface area (TPSA) is 90.9 Å². The Bertz CT molecular complexity index is 384. The van der Waals surface area contributed by atoms with E-state index in [0.29, 0.717) is 6.54 Å². The van der Waals surface area contributed by atoms with Crippen LogP contribution in [0.15, 0.2) is 0 Å². The SMILES string of the molecule is CC1(C(=O)O)COCC1NC(=O)NCCN1CCCCC1. The van der Waals surface area contributed by atoms with Gasteiger partial charge in [0.2, 0.25) is 0 Å². The minimum absolute atomic E-state index is 0.126. The smallest absolute Gasteiger partial charge is 0.315 e. The molecule has 2 aliphatic rings. The van der Waals surface area contributed by atoms with Gasteiger partial charge in [-0.3, -0.25) is 4.79 Å². The van der Waals surface area contributed by atoms with E-state index >= 15 is 0 Å². The van der Waals surface area contributed by atoms with Crippen molar-refractivity contribution >= 4 is 12.0 Å². The Balaban J connectivity index is 1.70. The lowest BCUT2D eigenvalue weighted by molar-refractivity contribution is -0.148. The number of ether oxygens (including phenoxy) is 1. The van der Waals surface area contributed by atoms with Crippen molar-refractivity contribution in [3.8, 4) is 0 Å². The number of hydrogen-bond donors (Lipinski definition) is 3. The van der Waals surface area contributed by atoms with Crippen molar-refractivity contribution in [1.29, 1.82) is 0 Å².